The highest BCUT2D eigenvalue weighted by atomic mass is 16.4. The molecule has 0 saturated heterocycles. The summed E-state index contributed by atoms with van der Waals surface area (Å²) in [4.78, 5) is 52.1. The first-order chi connectivity index (χ1) is 22.6. The van der Waals surface area contributed by atoms with Gasteiger partial charge in [-0.25, -0.2) is 9.59 Å². The number of hydrogen-bond acceptors (Lipinski definition) is 6. The Morgan fingerprint density at radius 2 is 0.740 bits per heavy atom. The number of carboxylic acid groups (broad SMARTS) is 2. The molecule has 2 rings (SSSR count). The number of rotatable bonds is 10. The van der Waals surface area contributed by atoms with E-state index in [1.165, 1.54) is 0 Å². The molecule has 0 heterocycles. The van der Waals surface area contributed by atoms with E-state index in [2.05, 4.69) is 10.6 Å². The number of aromatic hydroxyl groups is 2. The van der Waals surface area contributed by atoms with Crippen molar-refractivity contribution in [1.29, 1.82) is 0 Å². The molecule has 0 spiro atoms. The van der Waals surface area contributed by atoms with Gasteiger partial charge in [0.25, 0.3) is 0 Å². The van der Waals surface area contributed by atoms with Crippen LogP contribution in [0.3, 0.4) is 0 Å². The summed E-state index contributed by atoms with van der Waals surface area (Å²) in [5.74, 6) is -6.60. The molecule has 0 aliphatic carbocycles. The van der Waals surface area contributed by atoms with Crippen LogP contribution in [0.15, 0.2) is 24.3 Å². The number of hydrogen-bond donors (Lipinski definition) is 6. The number of benzene rings is 2. The Morgan fingerprint density at radius 3 is 0.900 bits per heavy atom. The third-order valence-corrected chi connectivity index (χ3v) is 9.35. The van der Waals surface area contributed by atoms with Crippen LogP contribution in [0.5, 0.6) is 11.5 Å². The summed E-state index contributed by atoms with van der Waals surface area (Å²) in [6.45, 7) is 26.8. The minimum atomic E-state index is -1.53. The minimum Gasteiger partial charge on any atom is -0.507 e. The number of carbonyl (C=O) groups excluding carboxylic acids is 2. The molecule has 278 valence electrons. The van der Waals surface area contributed by atoms with Crippen LogP contribution in [-0.4, -0.2) is 56.3 Å². The molecule has 0 aromatic heterocycles. The molecule has 0 radical (unpaired) electrons. The van der Waals surface area contributed by atoms with Gasteiger partial charge in [-0.3, -0.25) is 9.59 Å². The fourth-order valence-electron chi connectivity index (χ4n) is 6.44. The number of carboxylic acids is 2. The van der Waals surface area contributed by atoms with Crippen LogP contribution < -0.4 is 10.6 Å². The second kappa shape index (κ2) is 15.0. The van der Waals surface area contributed by atoms with Gasteiger partial charge in [-0.15, -0.1) is 0 Å². The van der Waals surface area contributed by atoms with E-state index in [-0.39, 0.29) is 24.3 Å². The monoisotopic (exact) mass is 696 g/mol. The number of aliphatic carboxylic acids is 2. The van der Waals surface area contributed by atoms with Crippen molar-refractivity contribution < 1.29 is 39.6 Å². The molecule has 2 aromatic carbocycles. The molecule has 2 amide bonds. The van der Waals surface area contributed by atoms with Gasteiger partial charge in [-0.2, -0.15) is 0 Å². The number of carbonyl (C=O) groups is 4. The summed E-state index contributed by atoms with van der Waals surface area (Å²) >= 11 is 0. The number of amides is 2. The van der Waals surface area contributed by atoms with Gasteiger partial charge in [0.2, 0.25) is 0 Å². The maximum atomic E-state index is 13.4. The zero-order chi connectivity index (χ0) is 38.9. The quantitative estimate of drug-likeness (QED) is 0.143. The van der Waals surface area contributed by atoms with Crippen LogP contribution >= 0.6 is 0 Å². The molecule has 0 aliphatic heterocycles. The van der Waals surface area contributed by atoms with Crippen molar-refractivity contribution in [2.45, 2.75) is 155 Å². The minimum absolute atomic E-state index is 0.127. The summed E-state index contributed by atoms with van der Waals surface area (Å²) in [5, 5.41) is 47.8. The molecule has 10 heteroatoms. The van der Waals surface area contributed by atoms with Gasteiger partial charge in [0.05, 0.1) is 0 Å². The van der Waals surface area contributed by atoms with Crippen molar-refractivity contribution in [3.8, 4) is 11.5 Å². The van der Waals surface area contributed by atoms with Crippen molar-refractivity contribution in [1.82, 2.24) is 10.6 Å². The molecule has 0 aliphatic rings. The number of phenolic OH excluding ortho intramolecular Hbond substituents is 2. The summed E-state index contributed by atoms with van der Waals surface area (Å²) in [5.41, 5.74) is 1.72. The third kappa shape index (κ3) is 9.58. The highest BCUT2D eigenvalue weighted by molar-refractivity contribution is 6.35. The Hall–Kier alpha value is -4.08. The van der Waals surface area contributed by atoms with E-state index in [1.54, 1.807) is 38.1 Å². The van der Waals surface area contributed by atoms with E-state index < -0.39 is 69.3 Å². The SMILES string of the molecule is CCC(c1cc(C(C)(C)C)c(O)c(C(C)(C)C)c1)C(NC(=O)C(=O)NC(C(=O)O)C(CC)c1cc(C(C)(C)C)c(O)c(C(C)(C)C)c1)C(=O)O. The second-order valence-corrected chi connectivity index (χ2v) is 17.5. The van der Waals surface area contributed by atoms with Crippen molar-refractivity contribution in [2.24, 2.45) is 0 Å². The largest absolute Gasteiger partial charge is 0.507 e. The van der Waals surface area contributed by atoms with Crippen LogP contribution in [0.2, 0.25) is 0 Å². The first-order valence-electron chi connectivity index (χ1n) is 17.4. The van der Waals surface area contributed by atoms with Crippen LogP contribution in [0, 0.1) is 0 Å². The first kappa shape index (κ1) is 42.1. The molecular weight excluding hydrogens is 636 g/mol. The third-order valence-electron chi connectivity index (χ3n) is 9.35. The lowest BCUT2D eigenvalue weighted by atomic mass is 9.75. The lowest BCUT2D eigenvalue weighted by Crippen LogP contribution is -2.54. The Morgan fingerprint density at radius 1 is 0.520 bits per heavy atom. The first-order valence-corrected chi connectivity index (χ1v) is 17.4. The van der Waals surface area contributed by atoms with E-state index in [9.17, 15) is 39.6 Å². The van der Waals surface area contributed by atoms with Gasteiger partial charge >= 0.3 is 23.8 Å². The van der Waals surface area contributed by atoms with E-state index in [4.69, 9.17) is 0 Å². The summed E-state index contributed by atoms with van der Waals surface area (Å²) in [7, 11) is 0. The Labute approximate surface area is 298 Å². The Kier molecular flexibility index (Phi) is 12.7. The smallest absolute Gasteiger partial charge is 0.326 e. The maximum Gasteiger partial charge on any atom is 0.326 e. The lowest BCUT2D eigenvalue weighted by Gasteiger charge is -2.32. The van der Waals surface area contributed by atoms with Crippen LogP contribution in [0.25, 0.3) is 0 Å². The van der Waals surface area contributed by atoms with Gasteiger partial charge in [-0.05, 0) is 67.9 Å². The fourth-order valence-corrected chi connectivity index (χ4v) is 6.44. The highest BCUT2D eigenvalue weighted by Gasteiger charge is 2.38. The van der Waals surface area contributed by atoms with Gasteiger partial charge in [0.15, 0.2) is 0 Å². The standard InChI is InChI=1S/C40H60N2O8/c1-15-23(21-17-25(37(3,4)5)31(43)26(18-21)38(6,7)8)29(35(47)48)41-33(45)34(46)42-30(36(49)50)24(16-2)22-19-27(39(9,10)11)32(44)28(20-22)40(12,13)14/h17-20,23-24,29-30,43-44H,15-16H2,1-14H3,(H,41,45)(H,42,46)(H,47,48)(H,49,50). The molecule has 6 N–H and O–H groups in total. The van der Waals surface area contributed by atoms with Gasteiger partial charge < -0.3 is 31.1 Å². The molecule has 0 fully saturated rings. The van der Waals surface area contributed by atoms with E-state index in [0.717, 1.165) is 0 Å². The van der Waals surface area contributed by atoms with Crippen LogP contribution in [0.4, 0.5) is 0 Å². The van der Waals surface area contributed by atoms with Crippen molar-refractivity contribution in [3.63, 3.8) is 0 Å². The zero-order valence-electron chi connectivity index (χ0n) is 32.5. The lowest BCUT2D eigenvalue weighted by molar-refractivity contribution is -0.148. The highest BCUT2D eigenvalue weighted by Crippen LogP contribution is 2.43. The van der Waals surface area contributed by atoms with E-state index in [1.807, 2.05) is 83.1 Å². The van der Waals surface area contributed by atoms with Crippen molar-refractivity contribution in [2.75, 3.05) is 0 Å². The second-order valence-electron chi connectivity index (χ2n) is 17.5. The van der Waals surface area contributed by atoms with E-state index >= 15 is 0 Å². The van der Waals surface area contributed by atoms with Crippen LogP contribution in [0.1, 0.15) is 155 Å². The maximum absolute atomic E-state index is 13.4. The fraction of sp³-hybridized carbons (Fsp3) is 0.600. The molecule has 0 saturated carbocycles. The molecule has 4 unspecified atom stereocenters. The van der Waals surface area contributed by atoms with Crippen molar-refractivity contribution in [3.05, 3.63) is 57.6 Å². The molecule has 50 heavy (non-hydrogen) atoms. The topological polar surface area (TPSA) is 173 Å². The van der Waals surface area contributed by atoms with Crippen molar-refractivity contribution >= 4 is 23.8 Å². The zero-order valence-corrected chi connectivity index (χ0v) is 32.5. The summed E-state index contributed by atoms with van der Waals surface area (Å²) in [6, 6.07) is 3.94. The number of nitrogens with one attached hydrogen (secondary N) is 2. The summed E-state index contributed by atoms with van der Waals surface area (Å²) in [6.07, 6.45) is 0.555. The molecule has 2 aromatic rings. The molecule has 4 atom stereocenters. The van der Waals surface area contributed by atoms with Crippen LogP contribution in [-0.2, 0) is 40.8 Å². The van der Waals surface area contributed by atoms with Gasteiger partial charge in [-0.1, -0.05) is 121 Å². The Balaban J connectivity index is 2.56. The number of phenols is 2. The summed E-state index contributed by atoms with van der Waals surface area (Å²) < 4.78 is 0. The van der Waals surface area contributed by atoms with E-state index in [0.29, 0.717) is 33.4 Å². The predicted octanol–water partition coefficient (Wildman–Crippen LogP) is 7.11. The normalized spacial score (nSPS) is 15.1. The average molecular weight is 697 g/mol. The van der Waals surface area contributed by atoms with Gasteiger partial charge in [0.1, 0.15) is 23.6 Å². The average Bonchev–Trinajstić information content (AvgIpc) is 2.95. The molecule has 10 nitrogen and oxygen atoms in total. The van der Waals surface area contributed by atoms with Gasteiger partial charge in [0, 0.05) is 11.8 Å². The Bertz CT molecular complexity index is 1410. The molecular formula is C40H60N2O8. The predicted molar refractivity (Wildman–Crippen MR) is 196 cm³/mol. The molecule has 0 bridgehead atoms.